The van der Waals surface area contributed by atoms with E-state index in [4.69, 9.17) is 4.42 Å². The first kappa shape index (κ1) is 10.6. The van der Waals surface area contributed by atoms with Crippen molar-refractivity contribution in [3.8, 4) is 0 Å². The second kappa shape index (κ2) is 4.28. The van der Waals surface area contributed by atoms with Gasteiger partial charge in [0.1, 0.15) is 5.76 Å². The van der Waals surface area contributed by atoms with E-state index in [1.54, 1.807) is 7.05 Å². The van der Waals surface area contributed by atoms with Crippen LogP contribution in [0.2, 0.25) is 0 Å². The van der Waals surface area contributed by atoms with Gasteiger partial charge in [0.25, 0.3) is 0 Å². The lowest BCUT2D eigenvalue weighted by molar-refractivity contribution is 0.506. The van der Waals surface area contributed by atoms with Gasteiger partial charge in [-0.05, 0) is 28.1 Å². The van der Waals surface area contributed by atoms with Crippen LogP contribution in [0.25, 0.3) is 0 Å². The Bertz CT molecular complexity index is 516. The molecule has 15 heavy (non-hydrogen) atoms. The van der Waals surface area contributed by atoms with Crippen LogP contribution in [0.3, 0.4) is 0 Å². The number of hydrogen-bond donors (Lipinski definition) is 1. The van der Waals surface area contributed by atoms with Crippen LogP contribution in [0.4, 0.5) is 0 Å². The van der Waals surface area contributed by atoms with Crippen molar-refractivity contribution in [3.05, 3.63) is 33.0 Å². The molecule has 0 aromatic carbocycles. The Morgan fingerprint density at radius 3 is 3.00 bits per heavy atom. The first-order valence-corrected chi connectivity index (χ1v) is 5.93. The summed E-state index contributed by atoms with van der Waals surface area (Å²) in [6.07, 6.45) is 0. The van der Waals surface area contributed by atoms with E-state index in [1.807, 2.05) is 12.1 Å². The van der Waals surface area contributed by atoms with Crippen molar-refractivity contribution in [2.45, 2.75) is 10.9 Å². The highest BCUT2D eigenvalue weighted by molar-refractivity contribution is 9.10. The van der Waals surface area contributed by atoms with Gasteiger partial charge in [0, 0.05) is 7.05 Å². The van der Waals surface area contributed by atoms with Gasteiger partial charge in [-0.3, -0.25) is 4.57 Å². The van der Waals surface area contributed by atoms with Crippen molar-refractivity contribution in [2.75, 3.05) is 0 Å². The zero-order valence-electron chi connectivity index (χ0n) is 7.86. The largest absolute Gasteiger partial charge is 0.453 e. The molecule has 0 amide bonds. The number of hydrogen-bond acceptors (Lipinski definition) is 4. The SMILES string of the molecule is Cn1c(SCc2ccc(Br)o2)n[nH]c1=O. The van der Waals surface area contributed by atoms with Crippen LogP contribution in [0.1, 0.15) is 5.76 Å². The fourth-order valence-electron chi connectivity index (χ4n) is 1.03. The van der Waals surface area contributed by atoms with Crippen LogP contribution in [0, 0.1) is 0 Å². The summed E-state index contributed by atoms with van der Waals surface area (Å²) in [6.45, 7) is 0. The van der Waals surface area contributed by atoms with Crippen LogP contribution in [-0.2, 0) is 12.8 Å². The molecule has 0 unspecified atom stereocenters. The fourth-order valence-corrected chi connectivity index (χ4v) is 2.18. The topological polar surface area (TPSA) is 63.8 Å². The highest BCUT2D eigenvalue weighted by Gasteiger charge is 2.06. The number of rotatable bonds is 3. The number of nitrogens with zero attached hydrogens (tertiary/aromatic N) is 2. The minimum atomic E-state index is -0.210. The second-order valence-electron chi connectivity index (χ2n) is 2.86. The Hall–Kier alpha value is -0.950. The lowest BCUT2D eigenvalue weighted by Gasteiger charge is -1.96. The summed E-state index contributed by atoms with van der Waals surface area (Å²) in [5, 5.41) is 6.89. The molecule has 0 aliphatic heterocycles. The van der Waals surface area contributed by atoms with E-state index < -0.39 is 0 Å². The normalized spacial score (nSPS) is 10.8. The van der Waals surface area contributed by atoms with E-state index in [0.717, 1.165) is 5.76 Å². The number of nitrogens with one attached hydrogen (secondary N) is 1. The van der Waals surface area contributed by atoms with Gasteiger partial charge >= 0.3 is 5.69 Å². The fraction of sp³-hybridized carbons (Fsp3) is 0.250. The van der Waals surface area contributed by atoms with Crippen molar-refractivity contribution in [1.82, 2.24) is 14.8 Å². The maximum atomic E-state index is 11.1. The van der Waals surface area contributed by atoms with E-state index in [-0.39, 0.29) is 5.69 Å². The zero-order chi connectivity index (χ0) is 10.8. The van der Waals surface area contributed by atoms with E-state index in [1.165, 1.54) is 16.3 Å². The van der Waals surface area contributed by atoms with Crippen molar-refractivity contribution < 1.29 is 4.42 Å². The molecular formula is C8H8BrN3O2S. The Morgan fingerprint density at radius 2 is 2.47 bits per heavy atom. The maximum absolute atomic E-state index is 11.1. The Kier molecular flexibility index (Phi) is 3.01. The maximum Gasteiger partial charge on any atom is 0.343 e. The van der Waals surface area contributed by atoms with Gasteiger partial charge in [0.2, 0.25) is 0 Å². The molecule has 0 aliphatic carbocycles. The molecule has 0 bridgehead atoms. The molecule has 0 fully saturated rings. The highest BCUT2D eigenvalue weighted by Crippen LogP contribution is 2.22. The van der Waals surface area contributed by atoms with Crippen LogP contribution in [0.5, 0.6) is 0 Å². The Balaban J connectivity index is 2.05. The summed E-state index contributed by atoms with van der Waals surface area (Å²) < 4.78 is 7.49. The molecule has 7 heteroatoms. The second-order valence-corrected chi connectivity index (χ2v) is 4.59. The molecule has 0 radical (unpaired) electrons. The van der Waals surface area contributed by atoms with Crippen molar-refractivity contribution in [2.24, 2.45) is 7.05 Å². The molecule has 1 N–H and O–H groups in total. The quantitative estimate of drug-likeness (QED) is 0.875. The van der Waals surface area contributed by atoms with Gasteiger partial charge in [-0.1, -0.05) is 11.8 Å². The lowest BCUT2D eigenvalue weighted by atomic mass is 10.5. The molecule has 80 valence electrons. The van der Waals surface area contributed by atoms with E-state index >= 15 is 0 Å². The van der Waals surface area contributed by atoms with Crippen LogP contribution >= 0.6 is 27.7 Å². The predicted molar refractivity (Wildman–Crippen MR) is 59.8 cm³/mol. The minimum absolute atomic E-state index is 0.210. The zero-order valence-corrected chi connectivity index (χ0v) is 10.3. The van der Waals surface area contributed by atoms with Crippen molar-refractivity contribution in [1.29, 1.82) is 0 Å². The molecule has 0 aliphatic rings. The molecule has 0 saturated heterocycles. The first-order chi connectivity index (χ1) is 7.16. The summed E-state index contributed by atoms with van der Waals surface area (Å²) in [5.41, 5.74) is -0.210. The standard InChI is InChI=1S/C8H8BrN3O2S/c1-12-7(13)10-11-8(12)15-4-5-2-3-6(9)14-5/h2-3H,4H2,1H3,(H,10,13). The third-order valence-corrected chi connectivity index (χ3v) is 3.29. The number of aromatic amines is 1. The molecule has 5 nitrogen and oxygen atoms in total. The average molecular weight is 290 g/mol. The molecule has 0 spiro atoms. The van der Waals surface area contributed by atoms with Gasteiger partial charge in [-0.15, -0.1) is 5.10 Å². The molecule has 2 rings (SSSR count). The van der Waals surface area contributed by atoms with Gasteiger partial charge in [-0.2, -0.15) is 0 Å². The Morgan fingerprint density at radius 1 is 1.67 bits per heavy atom. The van der Waals surface area contributed by atoms with Crippen LogP contribution in [0.15, 0.2) is 31.2 Å². The molecule has 0 saturated carbocycles. The third kappa shape index (κ3) is 2.35. The van der Waals surface area contributed by atoms with Crippen molar-refractivity contribution >= 4 is 27.7 Å². The number of H-pyrrole nitrogens is 1. The number of thioether (sulfide) groups is 1. The summed E-state index contributed by atoms with van der Waals surface area (Å²) in [7, 11) is 1.67. The predicted octanol–water partition coefficient (Wildman–Crippen LogP) is 1.76. The van der Waals surface area contributed by atoms with Gasteiger partial charge in [0.15, 0.2) is 9.83 Å². The summed E-state index contributed by atoms with van der Waals surface area (Å²) in [6, 6.07) is 3.71. The lowest BCUT2D eigenvalue weighted by Crippen LogP contribution is -2.12. The molecular weight excluding hydrogens is 282 g/mol. The van der Waals surface area contributed by atoms with Crippen molar-refractivity contribution in [3.63, 3.8) is 0 Å². The molecule has 0 atom stereocenters. The highest BCUT2D eigenvalue weighted by atomic mass is 79.9. The molecule has 2 aromatic heterocycles. The van der Waals surface area contributed by atoms with Crippen LogP contribution in [-0.4, -0.2) is 14.8 Å². The van der Waals surface area contributed by atoms with E-state index in [2.05, 4.69) is 26.1 Å². The summed E-state index contributed by atoms with van der Waals surface area (Å²) >= 11 is 4.66. The van der Waals surface area contributed by atoms with Gasteiger partial charge in [0.05, 0.1) is 5.75 Å². The van der Waals surface area contributed by atoms with Gasteiger partial charge < -0.3 is 4.42 Å². The number of aromatic nitrogens is 3. The molecule has 2 aromatic rings. The number of halogens is 1. The summed E-state index contributed by atoms with van der Waals surface area (Å²) in [5.74, 6) is 1.48. The average Bonchev–Trinajstić information content (AvgIpc) is 2.74. The van der Waals surface area contributed by atoms with Gasteiger partial charge in [-0.25, -0.2) is 9.89 Å². The monoisotopic (exact) mass is 289 g/mol. The van der Waals surface area contributed by atoms with Crippen LogP contribution < -0.4 is 5.69 Å². The third-order valence-electron chi connectivity index (χ3n) is 1.81. The number of furan rings is 1. The first-order valence-electron chi connectivity index (χ1n) is 4.15. The smallest absolute Gasteiger partial charge is 0.343 e. The molecule has 2 heterocycles. The van der Waals surface area contributed by atoms with E-state index in [0.29, 0.717) is 15.6 Å². The van der Waals surface area contributed by atoms with E-state index in [9.17, 15) is 4.79 Å². The minimum Gasteiger partial charge on any atom is -0.453 e. The Labute approximate surface area is 98.0 Å². The summed E-state index contributed by atoms with van der Waals surface area (Å²) in [4.78, 5) is 11.1.